The SMILES string of the molecule is O=C(NCCCn1ccnc1)c1ccc(N2CCCC2)c([N+](=O)[O-])c1. The predicted molar refractivity (Wildman–Crippen MR) is 93.7 cm³/mol. The number of anilines is 1. The second kappa shape index (κ2) is 7.78. The Labute approximate surface area is 145 Å². The van der Waals surface area contributed by atoms with Gasteiger partial charge in [-0.1, -0.05) is 0 Å². The van der Waals surface area contributed by atoms with Gasteiger partial charge in [0, 0.05) is 50.2 Å². The first-order valence-corrected chi connectivity index (χ1v) is 8.42. The molecule has 2 heterocycles. The van der Waals surface area contributed by atoms with Crippen LogP contribution in [0.15, 0.2) is 36.9 Å². The fourth-order valence-electron chi connectivity index (χ4n) is 3.02. The molecule has 8 heteroatoms. The molecule has 1 aromatic carbocycles. The fraction of sp³-hybridized carbons (Fsp3) is 0.412. The standard InChI is InChI=1S/C17H21N5O3/c23-17(19-6-3-8-20-11-7-18-13-20)14-4-5-15(16(12-14)22(24)25)21-9-1-2-10-21/h4-5,7,11-13H,1-3,6,8-10H2,(H,19,23). The number of nitro benzene ring substituents is 1. The maximum Gasteiger partial charge on any atom is 0.293 e. The van der Waals surface area contributed by atoms with E-state index in [0.717, 1.165) is 38.9 Å². The maximum absolute atomic E-state index is 12.2. The van der Waals surface area contributed by atoms with Crippen LogP contribution >= 0.6 is 0 Å². The van der Waals surface area contributed by atoms with Crippen molar-refractivity contribution in [1.82, 2.24) is 14.9 Å². The minimum atomic E-state index is -0.413. The number of benzene rings is 1. The lowest BCUT2D eigenvalue weighted by Crippen LogP contribution is -2.25. The number of imidazole rings is 1. The highest BCUT2D eigenvalue weighted by molar-refractivity contribution is 5.95. The van der Waals surface area contributed by atoms with E-state index in [1.807, 2.05) is 15.7 Å². The molecule has 0 bridgehead atoms. The van der Waals surface area contributed by atoms with Gasteiger partial charge in [0.05, 0.1) is 11.3 Å². The Hall–Kier alpha value is -2.90. The average Bonchev–Trinajstić information content (AvgIpc) is 3.31. The lowest BCUT2D eigenvalue weighted by atomic mass is 10.1. The summed E-state index contributed by atoms with van der Waals surface area (Å²) < 4.78 is 1.93. The number of aromatic nitrogens is 2. The number of hydrogen-bond donors (Lipinski definition) is 1. The molecule has 0 aliphatic carbocycles. The van der Waals surface area contributed by atoms with Crippen molar-refractivity contribution in [3.63, 3.8) is 0 Å². The van der Waals surface area contributed by atoms with Crippen molar-refractivity contribution in [3.8, 4) is 0 Å². The molecule has 0 unspecified atom stereocenters. The number of carbonyl (C=O) groups excluding carboxylic acids is 1. The molecule has 0 spiro atoms. The van der Waals surface area contributed by atoms with Crippen LogP contribution in [0.25, 0.3) is 0 Å². The molecule has 3 rings (SSSR count). The number of hydrogen-bond acceptors (Lipinski definition) is 5. The largest absolute Gasteiger partial charge is 0.366 e. The van der Waals surface area contributed by atoms with Gasteiger partial charge >= 0.3 is 0 Å². The molecule has 1 aliphatic rings. The Morgan fingerprint density at radius 1 is 1.32 bits per heavy atom. The molecule has 1 saturated heterocycles. The second-order valence-electron chi connectivity index (χ2n) is 6.06. The Morgan fingerprint density at radius 3 is 2.80 bits per heavy atom. The van der Waals surface area contributed by atoms with Crippen molar-refractivity contribution < 1.29 is 9.72 Å². The third-order valence-electron chi connectivity index (χ3n) is 4.32. The highest BCUT2D eigenvalue weighted by Crippen LogP contribution is 2.31. The van der Waals surface area contributed by atoms with Crippen LogP contribution in [0.4, 0.5) is 11.4 Å². The van der Waals surface area contributed by atoms with Crippen LogP contribution in [0.5, 0.6) is 0 Å². The summed E-state index contributed by atoms with van der Waals surface area (Å²) >= 11 is 0. The quantitative estimate of drug-likeness (QED) is 0.473. The Bertz CT molecular complexity index is 739. The zero-order chi connectivity index (χ0) is 17.6. The lowest BCUT2D eigenvalue weighted by Gasteiger charge is -2.17. The number of aryl methyl sites for hydroxylation is 1. The van der Waals surface area contributed by atoms with Crippen LogP contribution in [0.3, 0.4) is 0 Å². The predicted octanol–water partition coefficient (Wildman–Crippen LogP) is 2.21. The third-order valence-corrected chi connectivity index (χ3v) is 4.32. The summed E-state index contributed by atoms with van der Waals surface area (Å²) in [4.78, 5) is 29.2. The zero-order valence-corrected chi connectivity index (χ0v) is 13.9. The molecule has 1 aliphatic heterocycles. The summed E-state index contributed by atoms with van der Waals surface area (Å²) in [7, 11) is 0. The van der Waals surface area contributed by atoms with Gasteiger partial charge in [0.1, 0.15) is 5.69 Å². The van der Waals surface area contributed by atoms with Gasteiger partial charge in [-0.15, -0.1) is 0 Å². The average molecular weight is 343 g/mol. The molecular weight excluding hydrogens is 322 g/mol. The molecule has 0 saturated carbocycles. The van der Waals surface area contributed by atoms with Crippen LogP contribution in [0, 0.1) is 10.1 Å². The van der Waals surface area contributed by atoms with E-state index in [0.29, 0.717) is 17.8 Å². The lowest BCUT2D eigenvalue weighted by molar-refractivity contribution is -0.384. The van der Waals surface area contributed by atoms with Gasteiger partial charge in [-0.2, -0.15) is 0 Å². The fourth-order valence-corrected chi connectivity index (χ4v) is 3.02. The summed E-state index contributed by atoms with van der Waals surface area (Å²) in [5.41, 5.74) is 0.907. The number of amides is 1. The summed E-state index contributed by atoms with van der Waals surface area (Å²) in [6.07, 6.45) is 8.13. The summed E-state index contributed by atoms with van der Waals surface area (Å²) in [6, 6.07) is 4.72. The van der Waals surface area contributed by atoms with Crippen LogP contribution in [-0.2, 0) is 6.54 Å². The van der Waals surface area contributed by atoms with Gasteiger partial charge in [0.25, 0.3) is 11.6 Å². The number of rotatable bonds is 7. The van der Waals surface area contributed by atoms with Crippen molar-refractivity contribution in [2.75, 3.05) is 24.5 Å². The zero-order valence-electron chi connectivity index (χ0n) is 13.9. The molecule has 2 aromatic rings. The molecular formula is C17H21N5O3. The second-order valence-corrected chi connectivity index (χ2v) is 6.06. The Kier molecular flexibility index (Phi) is 5.27. The molecule has 1 fully saturated rings. The van der Waals surface area contributed by atoms with Crippen LogP contribution in [-0.4, -0.2) is 40.0 Å². The van der Waals surface area contributed by atoms with Crippen LogP contribution < -0.4 is 10.2 Å². The minimum absolute atomic E-state index is 0.00651. The Balaban J connectivity index is 1.61. The van der Waals surface area contributed by atoms with Crippen molar-refractivity contribution in [1.29, 1.82) is 0 Å². The van der Waals surface area contributed by atoms with Crippen molar-refractivity contribution in [3.05, 3.63) is 52.6 Å². The highest BCUT2D eigenvalue weighted by atomic mass is 16.6. The number of nitrogens with one attached hydrogen (secondary N) is 1. The number of carbonyl (C=O) groups is 1. The minimum Gasteiger partial charge on any atom is -0.366 e. The van der Waals surface area contributed by atoms with Gasteiger partial charge in [-0.25, -0.2) is 4.98 Å². The first kappa shape index (κ1) is 16.9. The third kappa shape index (κ3) is 4.14. The molecule has 25 heavy (non-hydrogen) atoms. The van der Waals surface area contributed by atoms with E-state index in [1.165, 1.54) is 6.07 Å². The maximum atomic E-state index is 12.2. The smallest absolute Gasteiger partial charge is 0.293 e. The molecule has 1 amide bonds. The first-order chi connectivity index (χ1) is 12.1. The summed E-state index contributed by atoms with van der Waals surface area (Å²) in [6.45, 7) is 2.90. The van der Waals surface area contributed by atoms with E-state index in [1.54, 1.807) is 24.7 Å². The van der Waals surface area contributed by atoms with Gasteiger partial charge < -0.3 is 14.8 Å². The van der Waals surface area contributed by atoms with Gasteiger partial charge in [-0.3, -0.25) is 14.9 Å². The normalized spacial score (nSPS) is 13.8. The van der Waals surface area contributed by atoms with Gasteiger partial charge in [0.15, 0.2) is 0 Å². The van der Waals surface area contributed by atoms with Gasteiger partial charge in [0.2, 0.25) is 0 Å². The molecule has 1 N–H and O–H groups in total. The van der Waals surface area contributed by atoms with Crippen LogP contribution in [0.2, 0.25) is 0 Å². The van der Waals surface area contributed by atoms with E-state index >= 15 is 0 Å². The molecule has 132 valence electrons. The Morgan fingerprint density at radius 2 is 2.12 bits per heavy atom. The van der Waals surface area contributed by atoms with E-state index < -0.39 is 4.92 Å². The van der Waals surface area contributed by atoms with E-state index in [9.17, 15) is 14.9 Å². The monoisotopic (exact) mass is 343 g/mol. The van der Waals surface area contributed by atoms with E-state index in [4.69, 9.17) is 0 Å². The van der Waals surface area contributed by atoms with E-state index in [-0.39, 0.29) is 11.6 Å². The number of nitrogens with zero attached hydrogens (tertiary/aromatic N) is 4. The topological polar surface area (TPSA) is 93.3 Å². The molecule has 8 nitrogen and oxygen atoms in total. The highest BCUT2D eigenvalue weighted by Gasteiger charge is 2.23. The number of nitro groups is 1. The van der Waals surface area contributed by atoms with E-state index in [2.05, 4.69) is 10.3 Å². The van der Waals surface area contributed by atoms with Crippen molar-refractivity contribution in [2.24, 2.45) is 0 Å². The van der Waals surface area contributed by atoms with Crippen molar-refractivity contribution >= 4 is 17.3 Å². The summed E-state index contributed by atoms with van der Waals surface area (Å²) in [5, 5.41) is 14.2. The summed E-state index contributed by atoms with van der Waals surface area (Å²) in [5.74, 6) is -0.290. The molecule has 1 aromatic heterocycles. The molecule has 0 radical (unpaired) electrons. The van der Waals surface area contributed by atoms with Gasteiger partial charge in [-0.05, 0) is 31.4 Å². The molecule has 0 atom stereocenters. The van der Waals surface area contributed by atoms with Crippen LogP contribution in [0.1, 0.15) is 29.6 Å². The first-order valence-electron chi connectivity index (χ1n) is 8.42. The van der Waals surface area contributed by atoms with Crippen molar-refractivity contribution in [2.45, 2.75) is 25.8 Å².